The number of nitrogens with one attached hydrogen (secondary N) is 1. The zero-order valence-corrected chi connectivity index (χ0v) is 13.4. The summed E-state index contributed by atoms with van der Waals surface area (Å²) in [6.07, 6.45) is 1.54. The minimum atomic E-state index is -0.329. The fourth-order valence-electron chi connectivity index (χ4n) is 1.75. The van der Waals surface area contributed by atoms with Crippen molar-refractivity contribution >= 4 is 5.97 Å². The van der Waals surface area contributed by atoms with Crippen LogP contribution in [0.5, 0.6) is 0 Å². The summed E-state index contributed by atoms with van der Waals surface area (Å²) in [4.78, 5) is 13.9. The summed E-state index contributed by atoms with van der Waals surface area (Å²) >= 11 is 0. The summed E-state index contributed by atoms with van der Waals surface area (Å²) < 4.78 is 12.2. The zero-order chi connectivity index (χ0) is 15.7. The maximum absolute atomic E-state index is 11.8. The molecule has 0 saturated carbocycles. The van der Waals surface area contributed by atoms with E-state index in [-0.39, 0.29) is 5.97 Å². The third kappa shape index (κ3) is 6.24. The number of aromatic nitrogens is 2. The number of aryl methyl sites for hydroxylation is 1. The molecular formula is C14H26N4O3. The fraction of sp³-hybridized carbons (Fsp3) is 0.714. The summed E-state index contributed by atoms with van der Waals surface area (Å²) in [5.74, 6) is -0.329. The second kappa shape index (κ2) is 9.49. The van der Waals surface area contributed by atoms with Crippen molar-refractivity contribution in [3.05, 3.63) is 17.5 Å². The molecule has 1 aromatic heterocycles. The molecule has 0 radical (unpaired) electrons. The summed E-state index contributed by atoms with van der Waals surface area (Å²) in [7, 11) is 5.84. The lowest BCUT2D eigenvalue weighted by Gasteiger charge is -2.11. The van der Waals surface area contributed by atoms with E-state index in [0.29, 0.717) is 31.9 Å². The Hall–Kier alpha value is -1.44. The van der Waals surface area contributed by atoms with Crippen LogP contribution < -0.4 is 5.32 Å². The van der Waals surface area contributed by atoms with Crippen LogP contribution in [0.1, 0.15) is 23.0 Å². The van der Waals surface area contributed by atoms with E-state index in [4.69, 9.17) is 9.47 Å². The predicted molar refractivity (Wildman–Crippen MR) is 80.2 cm³/mol. The Bertz CT molecular complexity index is 432. The van der Waals surface area contributed by atoms with Crippen LogP contribution in [0.15, 0.2) is 6.20 Å². The Morgan fingerprint density at radius 1 is 1.43 bits per heavy atom. The third-order valence-corrected chi connectivity index (χ3v) is 2.96. The molecule has 21 heavy (non-hydrogen) atoms. The second-order valence-corrected chi connectivity index (χ2v) is 4.94. The van der Waals surface area contributed by atoms with Gasteiger partial charge in [-0.3, -0.25) is 4.68 Å². The van der Waals surface area contributed by atoms with Gasteiger partial charge in [-0.2, -0.15) is 5.10 Å². The number of hydrogen-bond acceptors (Lipinski definition) is 6. The zero-order valence-electron chi connectivity index (χ0n) is 13.4. The van der Waals surface area contributed by atoms with Crippen molar-refractivity contribution < 1.29 is 14.3 Å². The first-order chi connectivity index (χ1) is 10.1. The van der Waals surface area contributed by atoms with Gasteiger partial charge in [-0.25, -0.2) is 4.79 Å². The molecule has 1 rings (SSSR count). The average molecular weight is 298 g/mol. The SMILES string of the molecule is CCOC(=O)c1cnn(C)c1CNCCOCCN(C)C. The van der Waals surface area contributed by atoms with E-state index in [2.05, 4.69) is 15.3 Å². The lowest BCUT2D eigenvalue weighted by atomic mass is 10.2. The molecule has 0 bridgehead atoms. The number of likely N-dealkylation sites (N-methyl/N-ethyl adjacent to an activating group) is 1. The maximum Gasteiger partial charge on any atom is 0.341 e. The van der Waals surface area contributed by atoms with Gasteiger partial charge in [0.25, 0.3) is 0 Å². The summed E-state index contributed by atoms with van der Waals surface area (Å²) in [5.41, 5.74) is 1.34. The van der Waals surface area contributed by atoms with Crippen LogP contribution >= 0.6 is 0 Å². The molecule has 0 spiro atoms. The molecule has 7 nitrogen and oxygen atoms in total. The number of carbonyl (C=O) groups excluding carboxylic acids is 1. The molecule has 0 aliphatic rings. The highest BCUT2D eigenvalue weighted by Crippen LogP contribution is 2.09. The van der Waals surface area contributed by atoms with Gasteiger partial charge in [0.2, 0.25) is 0 Å². The lowest BCUT2D eigenvalue weighted by molar-refractivity contribution is 0.0524. The minimum absolute atomic E-state index is 0.329. The summed E-state index contributed by atoms with van der Waals surface area (Å²) in [6, 6.07) is 0. The summed E-state index contributed by atoms with van der Waals surface area (Å²) in [6.45, 7) is 5.70. The van der Waals surface area contributed by atoms with Crippen LogP contribution in [0.4, 0.5) is 0 Å². The van der Waals surface area contributed by atoms with Crippen LogP contribution in [0, 0.1) is 0 Å². The first-order valence-electron chi connectivity index (χ1n) is 7.17. The van der Waals surface area contributed by atoms with Gasteiger partial charge >= 0.3 is 5.97 Å². The monoisotopic (exact) mass is 298 g/mol. The lowest BCUT2D eigenvalue weighted by Crippen LogP contribution is -2.24. The van der Waals surface area contributed by atoms with Crippen molar-refractivity contribution in [2.75, 3.05) is 47.0 Å². The van der Waals surface area contributed by atoms with E-state index in [1.165, 1.54) is 0 Å². The Morgan fingerprint density at radius 2 is 2.19 bits per heavy atom. The molecule has 0 aliphatic heterocycles. The van der Waals surface area contributed by atoms with Crippen molar-refractivity contribution in [2.45, 2.75) is 13.5 Å². The molecule has 0 aromatic carbocycles. The fourth-order valence-corrected chi connectivity index (χ4v) is 1.75. The number of rotatable bonds is 10. The van der Waals surface area contributed by atoms with Crippen LogP contribution in [0.25, 0.3) is 0 Å². The van der Waals surface area contributed by atoms with Gasteiger partial charge in [0.05, 0.1) is 31.7 Å². The molecule has 1 heterocycles. The Kier molecular flexibility index (Phi) is 7.96. The van der Waals surface area contributed by atoms with Gasteiger partial charge in [0.15, 0.2) is 0 Å². The number of carbonyl (C=O) groups is 1. The standard InChI is InChI=1S/C14H26N4O3/c1-5-21-14(19)12-10-16-18(4)13(12)11-15-6-8-20-9-7-17(2)3/h10,15H,5-9,11H2,1-4H3. The Morgan fingerprint density at radius 3 is 2.86 bits per heavy atom. The average Bonchev–Trinajstić information content (AvgIpc) is 2.79. The van der Waals surface area contributed by atoms with Gasteiger partial charge in [0.1, 0.15) is 5.56 Å². The van der Waals surface area contributed by atoms with Crippen molar-refractivity contribution in [1.29, 1.82) is 0 Å². The molecule has 1 aromatic rings. The predicted octanol–water partition coefficient (Wildman–Crippen LogP) is 0.265. The topological polar surface area (TPSA) is 68.6 Å². The van der Waals surface area contributed by atoms with E-state index < -0.39 is 0 Å². The van der Waals surface area contributed by atoms with E-state index in [0.717, 1.165) is 18.8 Å². The molecule has 0 atom stereocenters. The largest absolute Gasteiger partial charge is 0.462 e. The van der Waals surface area contributed by atoms with Crippen LogP contribution in [0.3, 0.4) is 0 Å². The van der Waals surface area contributed by atoms with Gasteiger partial charge in [-0.1, -0.05) is 0 Å². The number of nitrogens with zero attached hydrogens (tertiary/aromatic N) is 3. The number of esters is 1. The van der Waals surface area contributed by atoms with E-state index in [1.54, 1.807) is 17.8 Å². The van der Waals surface area contributed by atoms with Crippen molar-refractivity contribution in [3.63, 3.8) is 0 Å². The molecule has 0 fully saturated rings. The second-order valence-electron chi connectivity index (χ2n) is 4.94. The van der Waals surface area contributed by atoms with Gasteiger partial charge in [-0.15, -0.1) is 0 Å². The quantitative estimate of drug-likeness (QED) is 0.494. The molecule has 1 N–H and O–H groups in total. The molecular weight excluding hydrogens is 272 g/mol. The summed E-state index contributed by atoms with van der Waals surface area (Å²) in [5, 5.41) is 7.35. The first-order valence-corrected chi connectivity index (χ1v) is 7.17. The highest BCUT2D eigenvalue weighted by Gasteiger charge is 2.16. The first kappa shape index (κ1) is 17.6. The minimum Gasteiger partial charge on any atom is -0.462 e. The van der Waals surface area contributed by atoms with Crippen molar-refractivity contribution in [1.82, 2.24) is 20.0 Å². The van der Waals surface area contributed by atoms with Crippen LogP contribution in [-0.2, 0) is 23.1 Å². The van der Waals surface area contributed by atoms with Crippen LogP contribution in [0.2, 0.25) is 0 Å². The van der Waals surface area contributed by atoms with Crippen molar-refractivity contribution in [3.8, 4) is 0 Å². The highest BCUT2D eigenvalue weighted by atomic mass is 16.5. The Labute approximate surface area is 126 Å². The van der Waals surface area contributed by atoms with Crippen LogP contribution in [-0.4, -0.2) is 67.7 Å². The molecule has 7 heteroatoms. The molecule has 0 amide bonds. The van der Waals surface area contributed by atoms with Gasteiger partial charge in [-0.05, 0) is 21.0 Å². The van der Waals surface area contributed by atoms with Gasteiger partial charge in [0, 0.05) is 26.7 Å². The number of hydrogen-bond donors (Lipinski definition) is 1. The van der Waals surface area contributed by atoms with E-state index in [1.807, 2.05) is 21.1 Å². The van der Waals surface area contributed by atoms with E-state index >= 15 is 0 Å². The highest BCUT2D eigenvalue weighted by molar-refractivity contribution is 5.90. The third-order valence-electron chi connectivity index (χ3n) is 2.96. The molecule has 0 aliphatic carbocycles. The van der Waals surface area contributed by atoms with E-state index in [9.17, 15) is 4.79 Å². The maximum atomic E-state index is 11.8. The Balaban J connectivity index is 2.32. The molecule has 0 saturated heterocycles. The number of ether oxygens (including phenoxy) is 2. The van der Waals surface area contributed by atoms with Crippen molar-refractivity contribution in [2.24, 2.45) is 7.05 Å². The normalized spacial score (nSPS) is 11.1. The van der Waals surface area contributed by atoms with Gasteiger partial charge < -0.3 is 19.7 Å². The smallest absolute Gasteiger partial charge is 0.341 e. The molecule has 120 valence electrons. The molecule has 0 unspecified atom stereocenters.